The second-order valence-corrected chi connectivity index (χ2v) is 7.46. The zero-order chi connectivity index (χ0) is 22.4. The molecule has 0 aliphatic rings. The number of fused-ring (bicyclic) bond motifs is 4. The summed E-state index contributed by atoms with van der Waals surface area (Å²) in [4.78, 5) is 23.2. The maximum atomic E-state index is 11.6. The monoisotopic (exact) mass is 444 g/mol. The van der Waals surface area contributed by atoms with E-state index in [1.54, 1.807) is 36.8 Å². The molecule has 0 aliphatic heterocycles. The zero-order valence-electron chi connectivity index (χ0n) is 17.2. The first-order valence-corrected chi connectivity index (χ1v) is 10.3. The van der Waals surface area contributed by atoms with Crippen LogP contribution in [0.1, 0.15) is 6.42 Å². The number of furan rings is 2. The molecule has 6 aromatic rings. The van der Waals surface area contributed by atoms with Crippen LogP contribution in [0.2, 0.25) is 0 Å². The molecule has 0 amide bonds. The van der Waals surface area contributed by atoms with Gasteiger partial charge in [-0.1, -0.05) is 0 Å². The van der Waals surface area contributed by atoms with Crippen molar-refractivity contribution in [1.29, 1.82) is 0 Å². The third kappa shape index (κ3) is 3.32. The molecular formula is C25H16O8. The fourth-order valence-electron chi connectivity index (χ4n) is 3.94. The van der Waals surface area contributed by atoms with E-state index in [2.05, 4.69) is 0 Å². The first kappa shape index (κ1) is 19.2. The Morgan fingerprint density at radius 2 is 1.03 bits per heavy atom. The van der Waals surface area contributed by atoms with Crippen molar-refractivity contribution in [2.45, 2.75) is 6.42 Å². The van der Waals surface area contributed by atoms with Gasteiger partial charge in [-0.05, 0) is 24.3 Å². The van der Waals surface area contributed by atoms with Gasteiger partial charge in [0.15, 0.2) is 0 Å². The molecule has 2 aromatic carbocycles. The Kier molecular flexibility index (Phi) is 4.43. The average Bonchev–Trinajstić information content (AvgIpc) is 3.46. The predicted molar refractivity (Wildman–Crippen MR) is 120 cm³/mol. The third-order valence-electron chi connectivity index (χ3n) is 5.40. The lowest BCUT2D eigenvalue weighted by atomic mass is 10.1. The van der Waals surface area contributed by atoms with Crippen molar-refractivity contribution >= 4 is 43.9 Å². The Morgan fingerprint density at radius 3 is 1.52 bits per heavy atom. The summed E-state index contributed by atoms with van der Waals surface area (Å²) in [6, 6.07) is 13.1. The Balaban J connectivity index is 1.23. The van der Waals surface area contributed by atoms with Gasteiger partial charge in [0.2, 0.25) is 0 Å². The molecule has 0 aliphatic carbocycles. The van der Waals surface area contributed by atoms with E-state index in [4.69, 9.17) is 27.1 Å². The van der Waals surface area contributed by atoms with Gasteiger partial charge in [0.05, 0.1) is 47.3 Å². The van der Waals surface area contributed by atoms with Gasteiger partial charge in [0, 0.05) is 30.7 Å². The van der Waals surface area contributed by atoms with E-state index in [9.17, 15) is 9.59 Å². The molecule has 164 valence electrons. The van der Waals surface area contributed by atoms with E-state index in [0.717, 1.165) is 10.8 Å². The highest BCUT2D eigenvalue weighted by Crippen LogP contribution is 2.36. The number of benzene rings is 2. The summed E-state index contributed by atoms with van der Waals surface area (Å²) >= 11 is 0. The fourth-order valence-corrected chi connectivity index (χ4v) is 3.94. The van der Waals surface area contributed by atoms with Crippen LogP contribution in [0.25, 0.3) is 43.9 Å². The van der Waals surface area contributed by atoms with Gasteiger partial charge >= 0.3 is 11.3 Å². The molecule has 0 atom stereocenters. The van der Waals surface area contributed by atoms with Gasteiger partial charge in [-0.15, -0.1) is 0 Å². The quantitative estimate of drug-likeness (QED) is 0.254. The molecule has 0 saturated heterocycles. The maximum absolute atomic E-state index is 11.6. The highest BCUT2D eigenvalue weighted by molar-refractivity contribution is 6.02. The lowest BCUT2D eigenvalue weighted by Gasteiger charge is -2.12. The fraction of sp³-hybridized carbons (Fsp3) is 0.120. The molecule has 8 nitrogen and oxygen atoms in total. The van der Waals surface area contributed by atoms with Crippen LogP contribution in [0.4, 0.5) is 0 Å². The Bertz CT molecular complexity index is 1620. The van der Waals surface area contributed by atoms with Gasteiger partial charge in [0.1, 0.15) is 33.8 Å². The zero-order valence-corrected chi connectivity index (χ0v) is 17.2. The SMILES string of the molecule is O=c1ccc2c(OCCCOc3c4ccoc4cc4oc(=O)ccc34)c3ccoc3cc2o1. The van der Waals surface area contributed by atoms with Gasteiger partial charge in [-0.3, -0.25) is 0 Å². The van der Waals surface area contributed by atoms with Crippen molar-refractivity contribution < 1.29 is 27.1 Å². The minimum Gasteiger partial charge on any atom is -0.492 e. The van der Waals surface area contributed by atoms with E-state index >= 15 is 0 Å². The summed E-state index contributed by atoms with van der Waals surface area (Å²) in [6.45, 7) is 0.708. The largest absolute Gasteiger partial charge is 0.492 e. The number of ether oxygens (including phenoxy) is 2. The number of hydrogen-bond acceptors (Lipinski definition) is 8. The smallest absolute Gasteiger partial charge is 0.336 e. The standard InChI is InChI=1S/C25H16O8/c26-22-4-2-14-20(32-22)12-18-16(6-10-28-18)24(14)30-8-1-9-31-25-15-3-5-23(27)33-21(15)13-19-17(25)7-11-29-19/h2-7,10-13H,1,8-9H2. The number of rotatable bonds is 6. The summed E-state index contributed by atoms with van der Waals surface area (Å²) in [5.41, 5.74) is 1.06. The van der Waals surface area contributed by atoms with Crippen LogP contribution in [0.15, 0.2) is 88.3 Å². The van der Waals surface area contributed by atoms with Crippen LogP contribution in [-0.4, -0.2) is 13.2 Å². The number of hydrogen-bond donors (Lipinski definition) is 0. The van der Waals surface area contributed by atoms with Gasteiger partial charge in [-0.25, -0.2) is 9.59 Å². The van der Waals surface area contributed by atoms with Crippen molar-refractivity contribution in [1.82, 2.24) is 0 Å². The average molecular weight is 444 g/mol. The van der Waals surface area contributed by atoms with Gasteiger partial charge in [-0.2, -0.15) is 0 Å². The Hall–Kier alpha value is -4.46. The molecule has 0 fully saturated rings. The molecule has 0 saturated carbocycles. The lowest BCUT2D eigenvalue weighted by molar-refractivity contribution is 0.253. The summed E-state index contributed by atoms with van der Waals surface area (Å²) in [5, 5.41) is 2.96. The molecule has 4 heterocycles. The van der Waals surface area contributed by atoms with Crippen molar-refractivity contribution in [2.24, 2.45) is 0 Å². The maximum Gasteiger partial charge on any atom is 0.336 e. The van der Waals surface area contributed by atoms with E-state index in [0.29, 0.717) is 64.2 Å². The second-order valence-electron chi connectivity index (χ2n) is 7.46. The molecule has 4 aromatic heterocycles. The van der Waals surface area contributed by atoms with Crippen LogP contribution in [0.5, 0.6) is 11.5 Å². The molecule has 0 unspecified atom stereocenters. The molecule has 6 rings (SSSR count). The van der Waals surface area contributed by atoms with Crippen LogP contribution < -0.4 is 20.7 Å². The Morgan fingerprint density at radius 1 is 0.576 bits per heavy atom. The first-order chi connectivity index (χ1) is 16.2. The molecule has 33 heavy (non-hydrogen) atoms. The normalized spacial score (nSPS) is 11.6. The topological polar surface area (TPSA) is 105 Å². The molecule has 8 heteroatoms. The lowest BCUT2D eigenvalue weighted by Crippen LogP contribution is -2.06. The van der Waals surface area contributed by atoms with E-state index < -0.39 is 11.3 Å². The van der Waals surface area contributed by atoms with Crippen LogP contribution >= 0.6 is 0 Å². The van der Waals surface area contributed by atoms with E-state index in [-0.39, 0.29) is 0 Å². The molecular weight excluding hydrogens is 428 g/mol. The van der Waals surface area contributed by atoms with Gasteiger partial charge < -0.3 is 27.1 Å². The van der Waals surface area contributed by atoms with Crippen LogP contribution in [0.3, 0.4) is 0 Å². The summed E-state index contributed by atoms with van der Waals surface area (Å²) in [7, 11) is 0. The highest BCUT2D eigenvalue weighted by Gasteiger charge is 2.15. The van der Waals surface area contributed by atoms with Crippen molar-refractivity contribution in [3.8, 4) is 11.5 Å². The Labute approximate surface area is 184 Å². The predicted octanol–water partition coefficient (Wildman–Crippen LogP) is 5.24. The first-order valence-electron chi connectivity index (χ1n) is 10.3. The summed E-state index contributed by atoms with van der Waals surface area (Å²) in [6.07, 6.45) is 3.69. The minimum atomic E-state index is -0.441. The van der Waals surface area contributed by atoms with Crippen LogP contribution in [0, 0.1) is 0 Å². The van der Waals surface area contributed by atoms with E-state index in [1.807, 2.05) is 12.1 Å². The molecule has 0 bridgehead atoms. The second kappa shape index (κ2) is 7.59. The summed E-state index contributed by atoms with van der Waals surface area (Å²) in [5.74, 6) is 1.17. The van der Waals surface area contributed by atoms with Crippen molar-refractivity contribution in [3.63, 3.8) is 0 Å². The van der Waals surface area contributed by atoms with Crippen molar-refractivity contribution in [3.05, 3.63) is 81.9 Å². The highest BCUT2D eigenvalue weighted by atomic mass is 16.5. The molecule has 0 spiro atoms. The summed E-state index contributed by atoms with van der Waals surface area (Å²) < 4.78 is 33.6. The molecule has 0 radical (unpaired) electrons. The van der Waals surface area contributed by atoms with E-state index in [1.165, 1.54) is 12.1 Å². The van der Waals surface area contributed by atoms with Gasteiger partial charge in [0.25, 0.3) is 0 Å². The third-order valence-corrected chi connectivity index (χ3v) is 5.40. The van der Waals surface area contributed by atoms with Crippen molar-refractivity contribution in [2.75, 3.05) is 13.2 Å². The molecule has 0 N–H and O–H groups in total. The minimum absolute atomic E-state index is 0.354. The van der Waals surface area contributed by atoms with Crippen LogP contribution in [-0.2, 0) is 0 Å².